The van der Waals surface area contributed by atoms with Crippen molar-refractivity contribution in [1.29, 1.82) is 0 Å². The van der Waals surface area contributed by atoms with Gasteiger partial charge in [0.2, 0.25) is 0 Å². The average molecular weight is 619 g/mol. The Morgan fingerprint density at radius 2 is 0.523 bits per heavy atom. The van der Waals surface area contributed by atoms with Crippen molar-refractivity contribution in [3.63, 3.8) is 0 Å². The van der Waals surface area contributed by atoms with Gasteiger partial charge in [-0.1, -0.05) is 225 Å². The topological polar surface area (TPSA) is 37.3 Å². The Hall–Kier alpha value is -0.790. The van der Waals surface area contributed by atoms with Crippen LogP contribution in [0.4, 0.5) is 0 Å². The summed E-state index contributed by atoms with van der Waals surface area (Å²) in [6.45, 7) is 6.42. The number of carbonyl (C=O) groups is 1. The minimum Gasteiger partial charge on any atom is -0.478 e. The van der Waals surface area contributed by atoms with E-state index >= 15 is 0 Å². The van der Waals surface area contributed by atoms with Gasteiger partial charge in [0.15, 0.2) is 0 Å². The molecule has 2 nitrogen and oxygen atoms in total. The van der Waals surface area contributed by atoms with Crippen LogP contribution in [0.15, 0.2) is 11.1 Å². The van der Waals surface area contributed by atoms with E-state index < -0.39 is 5.97 Å². The average Bonchev–Trinajstić information content (AvgIpc) is 3.02. The molecular weight excluding hydrogens is 536 g/mol. The molecule has 0 unspecified atom stereocenters. The summed E-state index contributed by atoms with van der Waals surface area (Å²) in [6.07, 6.45) is 49.2. The summed E-state index contributed by atoms with van der Waals surface area (Å²) in [5, 5.41) is 9.58. The number of allylic oxidation sites excluding steroid dienone is 1. The Labute approximate surface area is 278 Å². The van der Waals surface area contributed by atoms with Gasteiger partial charge in [-0.05, 0) is 32.6 Å². The van der Waals surface area contributed by atoms with E-state index in [9.17, 15) is 9.90 Å². The Bertz CT molecular complexity index is 607. The summed E-state index contributed by atoms with van der Waals surface area (Å²) in [5.74, 6) is -0.709. The maximum atomic E-state index is 11.6. The predicted octanol–water partition coefficient (Wildman–Crippen LogP) is 15.5. The normalized spacial score (nSPS) is 12.2. The second kappa shape index (κ2) is 36.7. The van der Waals surface area contributed by atoms with Crippen LogP contribution in [0.2, 0.25) is 0 Å². The maximum Gasteiger partial charge on any atom is 0.331 e. The number of unbranched alkanes of at least 4 members (excludes halogenated alkanes) is 32. The van der Waals surface area contributed by atoms with E-state index in [4.69, 9.17) is 0 Å². The summed E-state index contributed by atoms with van der Waals surface area (Å²) in [6, 6.07) is 0. The zero-order valence-corrected chi connectivity index (χ0v) is 30.8. The van der Waals surface area contributed by atoms with Gasteiger partial charge in [-0.25, -0.2) is 4.79 Å². The van der Waals surface area contributed by atoms with Gasteiger partial charge in [-0.3, -0.25) is 0 Å². The predicted molar refractivity (Wildman–Crippen MR) is 198 cm³/mol. The van der Waals surface area contributed by atoms with Gasteiger partial charge in [-0.2, -0.15) is 0 Å². The molecule has 44 heavy (non-hydrogen) atoms. The highest BCUT2D eigenvalue weighted by molar-refractivity contribution is 5.86. The molecule has 0 bridgehead atoms. The standard InChI is InChI=1S/C42H82O2/c1-4-6-8-10-12-14-16-18-20-22-23-25-27-29-31-33-35-37-39-41(40(3)42(43)44)38-36-34-32-30-28-26-24-21-19-17-15-13-11-9-7-5-2/h4-39H2,1-3H3,(H,43,44). The molecule has 0 rings (SSSR count). The fraction of sp³-hybridized carbons (Fsp3) is 0.929. The van der Waals surface area contributed by atoms with Crippen LogP contribution in [0.1, 0.15) is 252 Å². The summed E-state index contributed by atoms with van der Waals surface area (Å²) < 4.78 is 0. The van der Waals surface area contributed by atoms with Crippen LogP contribution in [0.3, 0.4) is 0 Å². The Morgan fingerprint density at radius 1 is 0.341 bits per heavy atom. The molecule has 1 N–H and O–H groups in total. The Balaban J connectivity index is 3.60. The van der Waals surface area contributed by atoms with Gasteiger partial charge in [0.05, 0.1) is 0 Å². The fourth-order valence-electron chi connectivity index (χ4n) is 6.78. The van der Waals surface area contributed by atoms with Crippen molar-refractivity contribution < 1.29 is 9.90 Å². The lowest BCUT2D eigenvalue weighted by molar-refractivity contribution is -0.132. The molecule has 262 valence electrons. The quantitative estimate of drug-likeness (QED) is 0.0555. The number of rotatable bonds is 37. The van der Waals surface area contributed by atoms with E-state index in [1.54, 1.807) is 0 Å². The maximum absolute atomic E-state index is 11.6. The fourth-order valence-corrected chi connectivity index (χ4v) is 6.78. The molecule has 0 aromatic rings. The minimum atomic E-state index is -0.709. The van der Waals surface area contributed by atoms with E-state index in [0.29, 0.717) is 5.57 Å². The van der Waals surface area contributed by atoms with Gasteiger partial charge in [0, 0.05) is 5.57 Å². The van der Waals surface area contributed by atoms with E-state index in [0.717, 1.165) is 25.7 Å². The number of carboxylic acid groups (broad SMARTS) is 1. The second-order valence-corrected chi connectivity index (χ2v) is 14.3. The van der Waals surface area contributed by atoms with Crippen LogP contribution in [0.5, 0.6) is 0 Å². The molecule has 0 spiro atoms. The number of aliphatic carboxylic acids is 1. The summed E-state index contributed by atoms with van der Waals surface area (Å²) >= 11 is 0. The van der Waals surface area contributed by atoms with Crippen molar-refractivity contribution in [2.45, 2.75) is 252 Å². The van der Waals surface area contributed by atoms with Crippen LogP contribution < -0.4 is 0 Å². The van der Waals surface area contributed by atoms with Crippen LogP contribution in [0, 0.1) is 0 Å². The van der Waals surface area contributed by atoms with Crippen molar-refractivity contribution in [2.24, 2.45) is 0 Å². The lowest BCUT2D eigenvalue weighted by Crippen LogP contribution is -2.02. The van der Waals surface area contributed by atoms with Gasteiger partial charge in [0.1, 0.15) is 0 Å². The highest BCUT2D eigenvalue weighted by Crippen LogP contribution is 2.22. The SMILES string of the molecule is CCCCCCCCCCCCCCCCCCCCC(CCCCCCCCCCCCCCCCCC)=C(C)C(=O)O. The molecule has 0 aliphatic rings. The first kappa shape index (κ1) is 43.2. The van der Waals surface area contributed by atoms with Crippen molar-refractivity contribution in [2.75, 3.05) is 0 Å². The molecule has 0 aromatic carbocycles. The van der Waals surface area contributed by atoms with E-state index in [1.807, 2.05) is 6.92 Å². The van der Waals surface area contributed by atoms with Crippen molar-refractivity contribution in [3.05, 3.63) is 11.1 Å². The van der Waals surface area contributed by atoms with Gasteiger partial charge in [0.25, 0.3) is 0 Å². The lowest BCUT2D eigenvalue weighted by Gasteiger charge is -2.11. The Morgan fingerprint density at radius 3 is 0.705 bits per heavy atom. The highest BCUT2D eigenvalue weighted by atomic mass is 16.4. The number of carboxylic acids is 1. The molecule has 0 saturated heterocycles. The lowest BCUT2D eigenvalue weighted by atomic mass is 9.95. The third kappa shape index (κ3) is 32.6. The molecule has 0 radical (unpaired) electrons. The monoisotopic (exact) mass is 619 g/mol. The van der Waals surface area contributed by atoms with Gasteiger partial charge >= 0.3 is 5.97 Å². The number of hydrogen-bond donors (Lipinski definition) is 1. The summed E-state index contributed by atoms with van der Waals surface area (Å²) in [5.41, 5.74) is 1.84. The van der Waals surface area contributed by atoms with Crippen LogP contribution in [-0.4, -0.2) is 11.1 Å². The largest absolute Gasteiger partial charge is 0.478 e. The third-order valence-electron chi connectivity index (χ3n) is 10.0. The van der Waals surface area contributed by atoms with E-state index in [2.05, 4.69) is 13.8 Å². The van der Waals surface area contributed by atoms with Crippen molar-refractivity contribution in [1.82, 2.24) is 0 Å². The zero-order valence-electron chi connectivity index (χ0n) is 30.8. The first-order chi connectivity index (χ1) is 21.6. The van der Waals surface area contributed by atoms with Gasteiger partial charge in [-0.15, -0.1) is 0 Å². The van der Waals surface area contributed by atoms with E-state index in [-0.39, 0.29) is 0 Å². The summed E-state index contributed by atoms with van der Waals surface area (Å²) in [7, 11) is 0. The molecule has 0 fully saturated rings. The first-order valence-electron chi connectivity index (χ1n) is 20.5. The molecule has 0 heterocycles. The third-order valence-corrected chi connectivity index (χ3v) is 10.0. The molecule has 0 aromatic heterocycles. The van der Waals surface area contributed by atoms with Gasteiger partial charge < -0.3 is 5.11 Å². The smallest absolute Gasteiger partial charge is 0.331 e. The zero-order chi connectivity index (χ0) is 32.2. The van der Waals surface area contributed by atoms with Crippen LogP contribution >= 0.6 is 0 Å². The Kier molecular flexibility index (Phi) is 36.0. The molecular formula is C42H82O2. The number of hydrogen-bond acceptors (Lipinski definition) is 1. The second-order valence-electron chi connectivity index (χ2n) is 14.3. The molecule has 0 aliphatic heterocycles. The molecule has 0 amide bonds. The van der Waals surface area contributed by atoms with Crippen molar-refractivity contribution >= 4 is 5.97 Å². The molecule has 0 atom stereocenters. The van der Waals surface area contributed by atoms with Crippen molar-refractivity contribution in [3.8, 4) is 0 Å². The molecule has 0 saturated carbocycles. The molecule has 2 heteroatoms. The summed E-state index contributed by atoms with van der Waals surface area (Å²) in [4.78, 5) is 11.6. The minimum absolute atomic E-state index is 0.623. The first-order valence-corrected chi connectivity index (χ1v) is 20.5. The highest BCUT2D eigenvalue weighted by Gasteiger charge is 2.09. The van der Waals surface area contributed by atoms with Crippen LogP contribution in [-0.2, 0) is 4.79 Å². The van der Waals surface area contributed by atoms with E-state index in [1.165, 1.54) is 211 Å². The molecule has 0 aliphatic carbocycles. The van der Waals surface area contributed by atoms with Crippen LogP contribution in [0.25, 0.3) is 0 Å².